The van der Waals surface area contributed by atoms with Gasteiger partial charge < -0.3 is 4.74 Å². The quantitative estimate of drug-likeness (QED) is 0.717. The van der Waals surface area contributed by atoms with Crippen LogP contribution in [0.1, 0.15) is 47.0 Å². The average molecular weight is 246 g/mol. The molecule has 0 aromatic rings. The first-order chi connectivity index (χ1) is 7.75. The summed E-state index contributed by atoms with van der Waals surface area (Å²) in [7, 11) is 0. The zero-order valence-electron chi connectivity index (χ0n) is 11.3. The second-order valence-electron chi connectivity index (χ2n) is 6.73. The van der Waals surface area contributed by atoms with Crippen molar-refractivity contribution in [1.29, 1.82) is 0 Å². The van der Waals surface area contributed by atoms with Crippen molar-refractivity contribution in [2.24, 2.45) is 29.1 Å². The number of rotatable bonds is 4. The van der Waals surface area contributed by atoms with Gasteiger partial charge in [-0.2, -0.15) is 8.78 Å². The van der Waals surface area contributed by atoms with Gasteiger partial charge in [-0.25, -0.2) is 0 Å². The first-order valence-electron chi connectivity index (χ1n) is 6.77. The molecule has 0 aromatic carbocycles. The van der Waals surface area contributed by atoms with Crippen molar-refractivity contribution < 1.29 is 13.5 Å². The first-order valence-corrected chi connectivity index (χ1v) is 6.77. The van der Waals surface area contributed by atoms with Gasteiger partial charge in [0.15, 0.2) is 0 Å². The van der Waals surface area contributed by atoms with Crippen LogP contribution in [0, 0.1) is 29.1 Å². The molecular formula is C14H24F2O. The molecule has 3 heteroatoms. The molecule has 0 spiro atoms. The number of alkyl halides is 2. The molecule has 1 nitrogen and oxygen atoms in total. The van der Waals surface area contributed by atoms with Gasteiger partial charge >= 0.3 is 6.11 Å². The summed E-state index contributed by atoms with van der Waals surface area (Å²) < 4.78 is 31.7. The number of ether oxygens (including phenoxy) is 1. The third-order valence-corrected chi connectivity index (χ3v) is 5.16. The van der Waals surface area contributed by atoms with E-state index in [1.54, 1.807) is 0 Å². The molecule has 0 aromatic heterocycles. The maximum absolute atomic E-state index is 13.4. The summed E-state index contributed by atoms with van der Waals surface area (Å²) in [5.74, 6) is 0.992. The van der Waals surface area contributed by atoms with Crippen molar-refractivity contribution >= 4 is 0 Å². The smallest absolute Gasteiger partial charge is 0.320 e. The second kappa shape index (κ2) is 4.18. The van der Waals surface area contributed by atoms with Gasteiger partial charge in [-0.1, -0.05) is 27.7 Å². The highest BCUT2D eigenvalue weighted by Crippen LogP contribution is 2.61. The molecule has 0 aliphatic heterocycles. The van der Waals surface area contributed by atoms with Crippen molar-refractivity contribution in [3.8, 4) is 0 Å². The van der Waals surface area contributed by atoms with Crippen molar-refractivity contribution in [1.82, 2.24) is 0 Å². The zero-order chi connectivity index (χ0) is 12.8. The van der Waals surface area contributed by atoms with Gasteiger partial charge in [0, 0.05) is 5.92 Å². The van der Waals surface area contributed by atoms with E-state index < -0.39 is 12.0 Å². The van der Waals surface area contributed by atoms with Crippen LogP contribution in [-0.2, 0) is 4.74 Å². The van der Waals surface area contributed by atoms with Gasteiger partial charge in [0.25, 0.3) is 0 Å². The molecule has 0 heterocycles. The van der Waals surface area contributed by atoms with Gasteiger partial charge in [-0.05, 0) is 42.4 Å². The van der Waals surface area contributed by atoms with Gasteiger partial charge in [-0.3, -0.25) is 0 Å². The fraction of sp³-hybridized carbons (Fsp3) is 1.00. The summed E-state index contributed by atoms with van der Waals surface area (Å²) in [4.78, 5) is 0. The van der Waals surface area contributed by atoms with E-state index in [1.807, 2.05) is 0 Å². The third-order valence-electron chi connectivity index (χ3n) is 5.16. The van der Waals surface area contributed by atoms with Crippen LogP contribution in [0.25, 0.3) is 0 Å². The van der Waals surface area contributed by atoms with E-state index in [2.05, 4.69) is 13.8 Å². The van der Waals surface area contributed by atoms with E-state index in [0.717, 1.165) is 12.3 Å². The van der Waals surface area contributed by atoms with Crippen LogP contribution < -0.4 is 0 Å². The molecule has 3 atom stereocenters. The fourth-order valence-electron chi connectivity index (χ4n) is 3.55. The molecule has 3 aliphatic carbocycles. The standard InChI is InChI=1S/C14H24F2O/c1-9(2)14(15,16)17-8-10-5-6-11-7-12(10)13(11,3)4/h9-12H,5-8H2,1-4H3. The SMILES string of the molecule is CC(C)C(F)(F)OCC1CCC2CC1C2(C)C. The molecule has 2 bridgehead atoms. The van der Waals surface area contributed by atoms with Crippen molar-refractivity contribution in [3.63, 3.8) is 0 Å². The van der Waals surface area contributed by atoms with Crippen molar-refractivity contribution in [2.75, 3.05) is 6.61 Å². The zero-order valence-corrected chi connectivity index (χ0v) is 11.3. The van der Waals surface area contributed by atoms with Crippen LogP contribution in [0.2, 0.25) is 0 Å². The Morgan fingerprint density at radius 1 is 1.29 bits per heavy atom. The van der Waals surface area contributed by atoms with E-state index in [-0.39, 0.29) is 6.61 Å². The summed E-state index contributed by atoms with van der Waals surface area (Å²) in [6.07, 6.45) is 0.497. The van der Waals surface area contributed by atoms with Crippen molar-refractivity contribution in [3.05, 3.63) is 0 Å². The highest BCUT2D eigenvalue weighted by atomic mass is 19.3. The molecule has 3 fully saturated rings. The Morgan fingerprint density at radius 2 is 1.94 bits per heavy atom. The molecule has 100 valence electrons. The van der Waals surface area contributed by atoms with Crippen LogP contribution >= 0.6 is 0 Å². The summed E-state index contributed by atoms with van der Waals surface area (Å²) in [6, 6.07) is 0. The van der Waals surface area contributed by atoms with E-state index in [1.165, 1.54) is 26.7 Å². The van der Waals surface area contributed by atoms with Crippen LogP contribution in [0.5, 0.6) is 0 Å². The van der Waals surface area contributed by atoms with Crippen LogP contribution in [-0.4, -0.2) is 12.7 Å². The van der Waals surface area contributed by atoms with E-state index in [4.69, 9.17) is 4.74 Å². The van der Waals surface area contributed by atoms with Gasteiger partial charge in [0.2, 0.25) is 0 Å². The molecule has 0 saturated heterocycles. The Bertz CT molecular complexity index is 284. The van der Waals surface area contributed by atoms with Crippen LogP contribution in [0.4, 0.5) is 8.78 Å². The molecule has 0 amide bonds. The van der Waals surface area contributed by atoms with Gasteiger partial charge in [0.05, 0.1) is 6.61 Å². The maximum Gasteiger partial charge on any atom is 0.357 e. The lowest BCUT2D eigenvalue weighted by atomic mass is 9.46. The normalized spacial score (nSPS) is 35.8. The van der Waals surface area contributed by atoms with E-state index >= 15 is 0 Å². The molecule has 3 saturated carbocycles. The predicted octanol–water partition coefficient (Wildman–Crippen LogP) is 4.32. The topological polar surface area (TPSA) is 9.23 Å². The minimum Gasteiger partial charge on any atom is -0.320 e. The molecule has 3 rings (SSSR count). The Balaban J connectivity index is 1.88. The molecule has 0 N–H and O–H groups in total. The number of fused-ring (bicyclic) bond motifs is 2. The third kappa shape index (κ3) is 2.23. The minimum absolute atomic E-state index is 0.228. The van der Waals surface area contributed by atoms with E-state index in [9.17, 15) is 8.78 Å². The summed E-state index contributed by atoms with van der Waals surface area (Å²) in [5.41, 5.74) is 0.347. The molecule has 0 radical (unpaired) electrons. The van der Waals surface area contributed by atoms with Crippen molar-refractivity contribution in [2.45, 2.75) is 53.1 Å². The van der Waals surface area contributed by atoms with Gasteiger partial charge in [0.1, 0.15) is 0 Å². The Hall–Kier alpha value is -0.180. The Morgan fingerprint density at radius 3 is 2.41 bits per heavy atom. The average Bonchev–Trinajstić information content (AvgIpc) is 2.26. The Labute approximate surface area is 103 Å². The van der Waals surface area contributed by atoms with Crippen LogP contribution in [0.15, 0.2) is 0 Å². The lowest BCUT2D eigenvalue weighted by Crippen LogP contribution is -2.53. The monoisotopic (exact) mass is 246 g/mol. The number of hydrogen-bond donors (Lipinski definition) is 0. The first kappa shape index (κ1) is 13.3. The molecule has 3 aliphatic rings. The lowest BCUT2D eigenvalue weighted by Gasteiger charge is -2.60. The maximum atomic E-state index is 13.4. The number of halogens is 2. The summed E-state index contributed by atoms with van der Waals surface area (Å²) >= 11 is 0. The molecular weight excluding hydrogens is 222 g/mol. The minimum atomic E-state index is -2.97. The predicted molar refractivity (Wildman–Crippen MR) is 63.8 cm³/mol. The Kier molecular flexibility index (Phi) is 3.26. The number of hydrogen-bond acceptors (Lipinski definition) is 1. The summed E-state index contributed by atoms with van der Waals surface area (Å²) in [5, 5.41) is 0. The fourth-order valence-corrected chi connectivity index (χ4v) is 3.55. The molecule has 3 unspecified atom stereocenters. The highest BCUT2D eigenvalue weighted by Gasteiger charge is 2.54. The molecule has 17 heavy (non-hydrogen) atoms. The second-order valence-corrected chi connectivity index (χ2v) is 6.73. The highest BCUT2D eigenvalue weighted by molar-refractivity contribution is 5.03. The largest absolute Gasteiger partial charge is 0.357 e. The van der Waals surface area contributed by atoms with E-state index in [0.29, 0.717) is 17.3 Å². The van der Waals surface area contributed by atoms with Gasteiger partial charge in [-0.15, -0.1) is 0 Å². The lowest BCUT2D eigenvalue weighted by molar-refractivity contribution is -0.279. The van der Waals surface area contributed by atoms with Crippen LogP contribution in [0.3, 0.4) is 0 Å². The summed E-state index contributed by atoms with van der Waals surface area (Å²) in [6.45, 7) is 7.79.